The summed E-state index contributed by atoms with van der Waals surface area (Å²) in [6.07, 6.45) is 3.98. The second kappa shape index (κ2) is 12.0. The highest BCUT2D eigenvalue weighted by Gasteiger charge is 2.24. The van der Waals surface area contributed by atoms with E-state index in [-0.39, 0.29) is 24.0 Å². The van der Waals surface area contributed by atoms with Crippen LogP contribution in [0.15, 0.2) is 29.3 Å². The molecule has 2 heterocycles. The van der Waals surface area contributed by atoms with Gasteiger partial charge in [0.1, 0.15) is 5.82 Å². The van der Waals surface area contributed by atoms with E-state index in [1.54, 1.807) is 4.31 Å². The van der Waals surface area contributed by atoms with E-state index in [0.717, 1.165) is 62.7 Å². The molecular weight excluding hydrogens is 527 g/mol. The van der Waals surface area contributed by atoms with Gasteiger partial charge < -0.3 is 15.2 Å². The zero-order valence-electron chi connectivity index (χ0n) is 18.7. The van der Waals surface area contributed by atoms with Crippen molar-refractivity contribution in [3.05, 3.63) is 30.1 Å². The van der Waals surface area contributed by atoms with Crippen molar-refractivity contribution in [2.75, 3.05) is 39.0 Å². The highest BCUT2D eigenvalue weighted by Crippen LogP contribution is 2.19. The van der Waals surface area contributed by atoms with Crippen LogP contribution in [0.1, 0.15) is 32.0 Å². The van der Waals surface area contributed by atoms with Gasteiger partial charge in [-0.15, -0.1) is 24.0 Å². The number of guanidine groups is 1. The number of aromatic nitrogens is 2. The Balaban J connectivity index is 0.00000341. The Morgan fingerprint density at radius 3 is 2.61 bits per heavy atom. The summed E-state index contributed by atoms with van der Waals surface area (Å²) in [6, 6.07) is 8.23. The quantitative estimate of drug-likeness (QED) is 0.224. The lowest BCUT2D eigenvalue weighted by Crippen LogP contribution is -2.40. The molecule has 1 aromatic heterocycles. The molecule has 0 atom stereocenters. The minimum Gasteiger partial charge on any atom is -0.357 e. The fourth-order valence-electron chi connectivity index (χ4n) is 3.91. The Bertz CT molecular complexity index is 967. The molecule has 1 saturated heterocycles. The normalized spacial score (nSPS) is 16.3. The third-order valence-corrected chi connectivity index (χ3v) is 6.89. The first kappa shape index (κ1) is 25.9. The number of rotatable bonds is 8. The molecule has 0 saturated carbocycles. The van der Waals surface area contributed by atoms with E-state index in [1.807, 2.05) is 19.1 Å². The average Bonchev–Trinajstić information content (AvgIpc) is 3.04. The number of imidazole rings is 1. The smallest absolute Gasteiger partial charge is 0.211 e. The van der Waals surface area contributed by atoms with Gasteiger partial charge in [-0.2, -0.15) is 0 Å². The first-order valence-electron chi connectivity index (χ1n) is 10.8. The van der Waals surface area contributed by atoms with Crippen molar-refractivity contribution in [1.82, 2.24) is 24.5 Å². The molecule has 0 unspecified atom stereocenters. The Kier molecular flexibility index (Phi) is 10.0. The van der Waals surface area contributed by atoms with Crippen LogP contribution in [0.3, 0.4) is 0 Å². The van der Waals surface area contributed by atoms with Gasteiger partial charge in [0.15, 0.2) is 5.96 Å². The number of hydrogen-bond acceptors (Lipinski definition) is 4. The highest BCUT2D eigenvalue weighted by atomic mass is 127. The molecule has 2 aromatic rings. The topological polar surface area (TPSA) is 91.6 Å². The number of halogens is 1. The molecule has 0 aliphatic carbocycles. The van der Waals surface area contributed by atoms with E-state index in [1.165, 1.54) is 11.8 Å². The van der Waals surface area contributed by atoms with Crippen LogP contribution in [0.25, 0.3) is 11.0 Å². The van der Waals surface area contributed by atoms with Crippen LogP contribution in [0.5, 0.6) is 0 Å². The number of nitrogens with zero attached hydrogens (tertiary/aromatic N) is 4. The van der Waals surface area contributed by atoms with Crippen LogP contribution in [-0.4, -0.2) is 67.2 Å². The summed E-state index contributed by atoms with van der Waals surface area (Å²) in [7, 11) is -3.07. The zero-order chi connectivity index (χ0) is 21.6. The van der Waals surface area contributed by atoms with Gasteiger partial charge in [0.25, 0.3) is 0 Å². The summed E-state index contributed by atoms with van der Waals surface area (Å²) in [5, 5.41) is 6.73. The van der Waals surface area contributed by atoms with E-state index >= 15 is 0 Å². The highest BCUT2D eigenvalue weighted by molar-refractivity contribution is 14.0. The monoisotopic (exact) mass is 562 g/mol. The van der Waals surface area contributed by atoms with Crippen molar-refractivity contribution < 1.29 is 8.42 Å². The molecule has 0 radical (unpaired) electrons. The lowest BCUT2D eigenvalue weighted by Gasteiger charge is -2.29. The third kappa shape index (κ3) is 7.31. The van der Waals surface area contributed by atoms with Gasteiger partial charge >= 0.3 is 0 Å². The summed E-state index contributed by atoms with van der Waals surface area (Å²) >= 11 is 0. The van der Waals surface area contributed by atoms with Crippen LogP contribution < -0.4 is 10.6 Å². The fourth-order valence-corrected chi connectivity index (χ4v) is 4.78. The molecule has 0 bridgehead atoms. The second-order valence-electron chi connectivity index (χ2n) is 7.90. The van der Waals surface area contributed by atoms with Crippen molar-refractivity contribution in [3.63, 3.8) is 0 Å². The van der Waals surface area contributed by atoms with Gasteiger partial charge in [0, 0.05) is 39.3 Å². The van der Waals surface area contributed by atoms with Crippen molar-refractivity contribution in [2.24, 2.45) is 10.9 Å². The number of aryl methyl sites for hydroxylation is 2. The molecule has 0 amide bonds. The van der Waals surface area contributed by atoms with Crippen molar-refractivity contribution in [3.8, 4) is 0 Å². The summed E-state index contributed by atoms with van der Waals surface area (Å²) in [4.78, 5) is 9.36. The summed E-state index contributed by atoms with van der Waals surface area (Å²) in [5.74, 6) is 2.30. The Morgan fingerprint density at radius 1 is 1.23 bits per heavy atom. The lowest BCUT2D eigenvalue weighted by molar-refractivity contribution is 0.280. The predicted octanol–water partition coefficient (Wildman–Crippen LogP) is 2.58. The van der Waals surface area contributed by atoms with Crippen molar-refractivity contribution in [1.29, 1.82) is 0 Å². The summed E-state index contributed by atoms with van der Waals surface area (Å²) in [5.41, 5.74) is 2.22. The number of nitrogens with one attached hydrogen (secondary N) is 2. The minimum atomic E-state index is -3.07. The van der Waals surface area contributed by atoms with Crippen LogP contribution in [-0.2, 0) is 16.6 Å². The summed E-state index contributed by atoms with van der Waals surface area (Å²) < 4.78 is 27.1. The Morgan fingerprint density at radius 2 is 1.94 bits per heavy atom. The van der Waals surface area contributed by atoms with E-state index in [4.69, 9.17) is 4.99 Å². The molecule has 1 aliphatic rings. The van der Waals surface area contributed by atoms with Crippen molar-refractivity contribution in [2.45, 2.75) is 39.7 Å². The van der Waals surface area contributed by atoms with Crippen LogP contribution in [0, 0.1) is 12.8 Å². The molecule has 31 heavy (non-hydrogen) atoms. The minimum absolute atomic E-state index is 0. The standard InChI is InChI=1S/C21H34N6O2S.HI/c1-4-22-21(24-16-18-10-14-26(15-11-18)30(3,28)29)23-12-7-13-27-17(2)25-19-8-5-6-9-20(19)27;/h5-6,8-9,18H,4,7,10-16H2,1-3H3,(H2,22,23,24);1H. The average molecular weight is 563 g/mol. The first-order valence-corrected chi connectivity index (χ1v) is 12.6. The van der Waals surface area contributed by atoms with E-state index in [2.05, 4.69) is 39.2 Å². The van der Waals surface area contributed by atoms with Gasteiger partial charge in [-0.1, -0.05) is 12.1 Å². The summed E-state index contributed by atoms with van der Waals surface area (Å²) in [6.45, 7) is 8.56. The SMILES string of the molecule is CCNC(=NCC1CCN(S(C)(=O)=O)CC1)NCCCn1c(C)nc2ccccc21.I. The molecular formula is C21H35IN6O2S. The van der Waals surface area contributed by atoms with Crippen LogP contribution in [0.4, 0.5) is 0 Å². The molecule has 0 spiro atoms. The van der Waals surface area contributed by atoms with E-state index < -0.39 is 10.0 Å². The van der Waals surface area contributed by atoms with Crippen molar-refractivity contribution >= 4 is 51.0 Å². The van der Waals surface area contributed by atoms with E-state index in [0.29, 0.717) is 19.0 Å². The molecule has 1 aliphatic heterocycles. The molecule has 1 fully saturated rings. The number of sulfonamides is 1. The predicted molar refractivity (Wildman–Crippen MR) is 138 cm³/mol. The second-order valence-corrected chi connectivity index (χ2v) is 9.89. The molecule has 10 heteroatoms. The maximum Gasteiger partial charge on any atom is 0.211 e. The van der Waals surface area contributed by atoms with Crippen LogP contribution in [0.2, 0.25) is 0 Å². The van der Waals surface area contributed by atoms with Gasteiger partial charge in [0.2, 0.25) is 10.0 Å². The molecule has 8 nitrogen and oxygen atoms in total. The lowest BCUT2D eigenvalue weighted by atomic mass is 9.98. The zero-order valence-corrected chi connectivity index (χ0v) is 21.8. The van der Waals surface area contributed by atoms with Gasteiger partial charge in [-0.3, -0.25) is 4.99 Å². The largest absolute Gasteiger partial charge is 0.357 e. The number of hydrogen-bond donors (Lipinski definition) is 2. The first-order chi connectivity index (χ1) is 14.4. The molecule has 2 N–H and O–H groups in total. The number of para-hydroxylation sites is 2. The Hall–Kier alpha value is -1.40. The number of piperidine rings is 1. The van der Waals surface area contributed by atoms with Crippen LogP contribution >= 0.6 is 24.0 Å². The molecule has 174 valence electrons. The maximum atomic E-state index is 11.6. The van der Waals surface area contributed by atoms with E-state index in [9.17, 15) is 8.42 Å². The number of aliphatic imine (C=N–C) groups is 1. The van der Waals surface area contributed by atoms with Gasteiger partial charge in [-0.05, 0) is 51.2 Å². The van der Waals surface area contributed by atoms with Gasteiger partial charge in [0.05, 0.1) is 17.3 Å². The van der Waals surface area contributed by atoms with Gasteiger partial charge in [-0.25, -0.2) is 17.7 Å². The fraction of sp³-hybridized carbons (Fsp3) is 0.619. The number of fused-ring (bicyclic) bond motifs is 1. The Labute approximate surface area is 203 Å². The third-order valence-electron chi connectivity index (χ3n) is 5.59. The maximum absolute atomic E-state index is 11.6. The number of benzene rings is 1. The molecule has 3 rings (SSSR count). The molecule has 1 aromatic carbocycles.